The number of ether oxygens (including phenoxy) is 1. The van der Waals surface area contributed by atoms with Gasteiger partial charge >= 0.3 is 0 Å². The van der Waals surface area contributed by atoms with Gasteiger partial charge in [0.1, 0.15) is 6.33 Å². The van der Waals surface area contributed by atoms with Crippen LogP contribution in [0, 0.1) is 0 Å². The van der Waals surface area contributed by atoms with Crippen LogP contribution in [0.5, 0.6) is 0 Å². The van der Waals surface area contributed by atoms with E-state index in [-0.39, 0.29) is 23.2 Å². The monoisotopic (exact) mass is 356 g/mol. The molecule has 1 atom stereocenters. The van der Waals surface area contributed by atoms with Gasteiger partial charge in [-0.05, 0) is 13.0 Å². The van der Waals surface area contributed by atoms with Gasteiger partial charge in [0.2, 0.25) is 0 Å². The fourth-order valence-corrected chi connectivity index (χ4v) is 2.76. The standard InChI is InChI=1S/C17H20N6O3/c1-11(15-20-18-10-23(15)8-9-26-3)19-16(24)14-12-6-4-5-7-13(12)17(25)22(2)21-14/h4-7,10-11H,8-9H2,1-3H3,(H,19,24)/t11-/m0/s1. The second-order valence-electron chi connectivity index (χ2n) is 5.89. The molecule has 1 amide bonds. The van der Waals surface area contributed by atoms with E-state index < -0.39 is 0 Å². The van der Waals surface area contributed by atoms with Gasteiger partial charge in [-0.25, -0.2) is 4.68 Å². The lowest BCUT2D eigenvalue weighted by atomic mass is 10.1. The first-order valence-corrected chi connectivity index (χ1v) is 8.16. The fraction of sp³-hybridized carbons (Fsp3) is 0.353. The summed E-state index contributed by atoms with van der Waals surface area (Å²) in [6.07, 6.45) is 1.59. The highest BCUT2D eigenvalue weighted by Crippen LogP contribution is 2.15. The van der Waals surface area contributed by atoms with Crippen molar-refractivity contribution in [1.82, 2.24) is 29.9 Å². The molecule has 1 N–H and O–H groups in total. The number of hydrogen-bond acceptors (Lipinski definition) is 6. The zero-order valence-corrected chi connectivity index (χ0v) is 14.8. The van der Waals surface area contributed by atoms with Crippen molar-refractivity contribution in [1.29, 1.82) is 0 Å². The highest BCUT2D eigenvalue weighted by atomic mass is 16.5. The molecule has 0 aliphatic rings. The molecule has 0 bridgehead atoms. The Kier molecular flexibility index (Phi) is 5.08. The number of nitrogens with one attached hydrogen (secondary N) is 1. The fourth-order valence-electron chi connectivity index (χ4n) is 2.76. The molecule has 0 spiro atoms. The van der Waals surface area contributed by atoms with Crippen molar-refractivity contribution < 1.29 is 9.53 Å². The molecule has 0 aliphatic heterocycles. The normalized spacial score (nSPS) is 12.3. The molecule has 136 valence electrons. The second kappa shape index (κ2) is 7.44. The van der Waals surface area contributed by atoms with Gasteiger partial charge in [-0.15, -0.1) is 10.2 Å². The third kappa shape index (κ3) is 3.33. The summed E-state index contributed by atoms with van der Waals surface area (Å²) < 4.78 is 8.06. The summed E-state index contributed by atoms with van der Waals surface area (Å²) in [5.74, 6) is 0.232. The van der Waals surface area contributed by atoms with Crippen LogP contribution in [0.25, 0.3) is 10.8 Å². The van der Waals surface area contributed by atoms with E-state index in [0.29, 0.717) is 29.7 Å². The summed E-state index contributed by atoms with van der Waals surface area (Å²) in [6.45, 7) is 2.91. The van der Waals surface area contributed by atoms with E-state index in [2.05, 4.69) is 20.6 Å². The van der Waals surface area contributed by atoms with Crippen LogP contribution >= 0.6 is 0 Å². The molecule has 0 fully saturated rings. The SMILES string of the molecule is COCCn1cnnc1[C@H](C)NC(=O)c1nn(C)c(=O)c2ccccc12. The molecular formula is C17H20N6O3. The summed E-state index contributed by atoms with van der Waals surface area (Å²) in [7, 11) is 3.14. The van der Waals surface area contributed by atoms with E-state index in [1.165, 1.54) is 11.7 Å². The molecule has 0 unspecified atom stereocenters. The van der Waals surface area contributed by atoms with Gasteiger partial charge in [-0.1, -0.05) is 18.2 Å². The maximum atomic E-state index is 12.8. The van der Waals surface area contributed by atoms with Crippen LogP contribution < -0.4 is 10.9 Å². The van der Waals surface area contributed by atoms with Crippen LogP contribution in [0.15, 0.2) is 35.4 Å². The molecule has 26 heavy (non-hydrogen) atoms. The average Bonchev–Trinajstić information content (AvgIpc) is 3.11. The van der Waals surface area contributed by atoms with Crippen LogP contribution in [0.4, 0.5) is 0 Å². The quantitative estimate of drug-likeness (QED) is 0.696. The Balaban J connectivity index is 1.89. The summed E-state index contributed by atoms with van der Waals surface area (Å²) in [6, 6.07) is 6.53. The third-order valence-electron chi connectivity index (χ3n) is 4.09. The van der Waals surface area contributed by atoms with E-state index in [1.54, 1.807) is 37.7 Å². The largest absolute Gasteiger partial charge is 0.383 e. The molecule has 3 rings (SSSR count). The minimum Gasteiger partial charge on any atom is -0.383 e. The number of methoxy groups -OCH3 is 1. The van der Waals surface area contributed by atoms with Gasteiger partial charge in [-0.2, -0.15) is 5.10 Å². The third-order valence-corrected chi connectivity index (χ3v) is 4.09. The van der Waals surface area contributed by atoms with Gasteiger partial charge in [0.05, 0.1) is 18.0 Å². The first-order valence-electron chi connectivity index (χ1n) is 8.16. The molecule has 0 aliphatic carbocycles. The smallest absolute Gasteiger partial charge is 0.274 e. The first kappa shape index (κ1) is 17.7. The molecule has 2 heterocycles. The number of rotatable bonds is 6. The van der Waals surface area contributed by atoms with Crippen molar-refractivity contribution in [2.75, 3.05) is 13.7 Å². The van der Waals surface area contributed by atoms with Gasteiger partial charge in [0.25, 0.3) is 11.5 Å². The van der Waals surface area contributed by atoms with Crippen LogP contribution in [0.1, 0.15) is 29.3 Å². The Morgan fingerprint density at radius 3 is 2.77 bits per heavy atom. The Morgan fingerprint density at radius 2 is 2.04 bits per heavy atom. The van der Waals surface area contributed by atoms with Crippen LogP contribution in [0.2, 0.25) is 0 Å². The van der Waals surface area contributed by atoms with E-state index in [0.717, 1.165) is 0 Å². The number of fused-ring (bicyclic) bond motifs is 1. The average molecular weight is 356 g/mol. The molecule has 0 saturated heterocycles. The molecule has 3 aromatic rings. The Hall–Kier alpha value is -3.07. The number of aryl methyl sites for hydroxylation is 1. The molecule has 9 heteroatoms. The zero-order chi connectivity index (χ0) is 18.7. The summed E-state index contributed by atoms with van der Waals surface area (Å²) in [5, 5.41) is 15.9. The van der Waals surface area contributed by atoms with E-state index in [1.807, 2.05) is 11.5 Å². The lowest BCUT2D eigenvalue weighted by Gasteiger charge is -2.15. The van der Waals surface area contributed by atoms with Crippen LogP contribution in [-0.2, 0) is 18.3 Å². The van der Waals surface area contributed by atoms with Crippen molar-refractivity contribution in [2.45, 2.75) is 19.5 Å². The predicted molar refractivity (Wildman–Crippen MR) is 94.8 cm³/mol. The number of carbonyl (C=O) groups is 1. The van der Waals surface area contributed by atoms with Crippen molar-refractivity contribution in [3.8, 4) is 0 Å². The van der Waals surface area contributed by atoms with Gasteiger partial charge in [0, 0.05) is 26.1 Å². The van der Waals surface area contributed by atoms with E-state index in [4.69, 9.17) is 4.74 Å². The molecule has 0 saturated carbocycles. The molecule has 2 aromatic heterocycles. The highest BCUT2D eigenvalue weighted by Gasteiger charge is 2.20. The Morgan fingerprint density at radius 1 is 1.31 bits per heavy atom. The first-order chi connectivity index (χ1) is 12.5. The van der Waals surface area contributed by atoms with E-state index in [9.17, 15) is 9.59 Å². The van der Waals surface area contributed by atoms with Crippen LogP contribution in [0.3, 0.4) is 0 Å². The Labute approximate surface area is 149 Å². The lowest BCUT2D eigenvalue weighted by molar-refractivity contribution is 0.0932. The van der Waals surface area contributed by atoms with Gasteiger partial charge < -0.3 is 14.6 Å². The van der Waals surface area contributed by atoms with Gasteiger partial charge in [0.15, 0.2) is 11.5 Å². The molecular weight excluding hydrogens is 336 g/mol. The number of aromatic nitrogens is 5. The van der Waals surface area contributed by atoms with Gasteiger partial charge in [-0.3, -0.25) is 9.59 Å². The maximum absolute atomic E-state index is 12.8. The molecule has 1 aromatic carbocycles. The second-order valence-corrected chi connectivity index (χ2v) is 5.89. The van der Waals surface area contributed by atoms with Crippen LogP contribution in [-0.4, -0.2) is 44.2 Å². The number of hydrogen-bond donors (Lipinski definition) is 1. The summed E-state index contributed by atoms with van der Waals surface area (Å²) in [4.78, 5) is 25.0. The number of amides is 1. The van der Waals surface area contributed by atoms with Crippen molar-refractivity contribution in [3.63, 3.8) is 0 Å². The molecule has 9 nitrogen and oxygen atoms in total. The zero-order valence-electron chi connectivity index (χ0n) is 14.8. The summed E-state index contributed by atoms with van der Waals surface area (Å²) >= 11 is 0. The van der Waals surface area contributed by atoms with Crippen molar-refractivity contribution in [2.24, 2.45) is 7.05 Å². The number of nitrogens with zero attached hydrogens (tertiary/aromatic N) is 5. The van der Waals surface area contributed by atoms with Crippen molar-refractivity contribution in [3.05, 3.63) is 52.5 Å². The van der Waals surface area contributed by atoms with E-state index >= 15 is 0 Å². The maximum Gasteiger partial charge on any atom is 0.274 e. The summed E-state index contributed by atoms with van der Waals surface area (Å²) in [5.41, 5.74) is -0.0537. The molecule has 0 radical (unpaired) electrons. The predicted octanol–water partition coefficient (Wildman–Crippen LogP) is 0.662. The Bertz CT molecular complexity index is 994. The minimum atomic E-state index is -0.389. The highest BCUT2D eigenvalue weighted by molar-refractivity contribution is 6.04. The van der Waals surface area contributed by atoms with Crippen molar-refractivity contribution >= 4 is 16.7 Å². The lowest BCUT2D eigenvalue weighted by Crippen LogP contribution is -2.32. The topological polar surface area (TPSA) is 104 Å². The number of carbonyl (C=O) groups excluding carboxylic acids is 1. The number of benzene rings is 1. The minimum absolute atomic E-state index is 0.192.